The highest BCUT2D eigenvalue weighted by atomic mass is 19.1. The zero-order valence-corrected chi connectivity index (χ0v) is 19.6. The van der Waals surface area contributed by atoms with Crippen LogP contribution in [0.1, 0.15) is 56.9 Å². The fourth-order valence-electron chi connectivity index (χ4n) is 4.23. The number of rotatable bonds is 5. The Morgan fingerprint density at radius 3 is 2.50 bits per heavy atom. The smallest absolute Gasteiger partial charge is 0.341 e. The third kappa shape index (κ3) is 3.87. The fraction of sp³-hybridized carbons (Fsp3) is 0.522. The van der Waals surface area contributed by atoms with Gasteiger partial charge < -0.3 is 30.9 Å². The lowest BCUT2D eigenvalue weighted by molar-refractivity contribution is -0.000439. The lowest BCUT2D eigenvalue weighted by atomic mass is 9.88. The molecule has 0 amide bonds. The van der Waals surface area contributed by atoms with Crippen LogP contribution in [0, 0.1) is 17.0 Å². The number of hydrogen-bond donors (Lipinski definition) is 3. The maximum absolute atomic E-state index is 16.0. The SMILES string of the molecule is CC(C)(C)O/N=C1/CN(c2c(F)c(N)c3c(=O)c(C(=O)O)cn(C4CC4)c3c2F)CC1(C)CN. The van der Waals surface area contributed by atoms with Crippen molar-refractivity contribution in [1.82, 2.24) is 4.57 Å². The van der Waals surface area contributed by atoms with Crippen LogP contribution in [0.2, 0.25) is 0 Å². The van der Waals surface area contributed by atoms with Crippen molar-refractivity contribution >= 4 is 34.0 Å². The Hall–Kier alpha value is -3.21. The number of aromatic carboxylic acids is 1. The summed E-state index contributed by atoms with van der Waals surface area (Å²) in [5, 5.41) is 13.2. The van der Waals surface area contributed by atoms with Gasteiger partial charge in [-0.1, -0.05) is 12.1 Å². The number of pyridine rings is 1. The number of anilines is 2. The van der Waals surface area contributed by atoms with Crippen LogP contribution in [0.25, 0.3) is 10.9 Å². The summed E-state index contributed by atoms with van der Waals surface area (Å²) >= 11 is 0. The zero-order chi connectivity index (χ0) is 25.2. The van der Waals surface area contributed by atoms with E-state index in [9.17, 15) is 14.7 Å². The average Bonchev–Trinajstić information content (AvgIpc) is 3.53. The Kier molecular flexibility index (Phi) is 5.58. The normalized spacial score (nSPS) is 22.1. The summed E-state index contributed by atoms with van der Waals surface area (Å²) in [4.78, 5) is 31.4. The van der Waals surface area contributed by atoms with Gasteiger partial charge >= 0.3 is 5.97 Å². The van der Waals surface area contributed by atoms with Crippen molar-refractivity contribution in [2.24, 2.45) is 16.3 Å². The third-order valence-electron chi connectivity index (χ3n) is 6.31. The van der Waals surface area contributed by atoms with Gasteiger partial charge in [-0.15, -0.1) is 0 Å². The van der Waals surface area contributed by atoms with Gasteiger partial charge in [0.25, 0.3) is 0 Å². The lowest BCUT2D eigenvalue weighted by Crippen LogP contribution is -2.36. The van der Waals surface area contributed by atoms with Crippen LogP contribution in [-0.4, -0.2) is 46.6 Å². The minimum Gasteiger partial charge on any atom is -0.477 e. The first-order valence-corrected chi connectivity index (χ1v) is 11.1. The number of fused-ring (bicyclic) bond motifs is 1. The van der Waals surface area contributed by atoms with Crippen molar-refractivity contribution in [3.8, 4) is 0 Å². The predicted molar refractivity (Wildman–Crippen MR) is 125 cm³/mol. The number of aromatic nitrogens is 1. The van der Waals surface area contributed by atoms with Gasteiger partial charge in [0.1, 0.15) is 16.9 Å². The molecule has 1 saturated heterocycles. The van der Waals surface area contributed by atoms with Crippen molar-refractivity contribution < 1.29 is 23.5 Å². The number of nitrogens with two attached hydrogens (primary N) is 2. The molecule has 5 N–H and O–H groups in total. The van der Waals surface area contributed by atoms with Crippen LogP contribution in [0.5, 0.6) is 0 Å². The first kappa shape index (κ1) is 23.9. The Morgan fingerprint density at radius 1 is 1.32 bits per heavy atom. The van der Waals surface area contributed by atoms with Crippen molar-refractivity contribution in [3.05, 3.63) is 33.6 Å². The van der Waals surface area contributed by atoms with Crippen molar-refractivity contribution in [2.45, 2.75) is 52.2 Å². The fourth-order valence-corrected chi connectivity index (χ4v) is 4.23. The van der Waals surface area contributed by atoms with Crippen LogP contribution < -0.4 is 21.8 Å². The largest absolute Gasteiger partial charge is 0.477 e. The van der Waals surface area contributed by atoms with Crippen molar-refractivity contribution in [3.63, 3.8) is 0 Å². The van der Waals surface area contributed by atoms with Crippen LogP contribution >= 0.6 is 0 Å². The Balaban J connectivity index is 1.93. The molecule has 9 nitrogen and oxygen atoms in total. The Labute approximate surface area is 194 Å². The summed E-state index contributed by atoms with van der Waals surface area (Å²) in [6.07, 6.45) is 2.48. The first-order chi connectivity index (χ1) is 15.8. The molecule has 0 radical (unpaired) electrons. The minimum atomic E-state index is -1.48. The van der Waals surface area contributed by atoms with E-state index in [4.69, 9.17) is 16.3 Å². The second-order valence-electron chi connectivity index (χ2n) is 10.3. The minimum absolute atomic E-state index is 0.0451. The molecule has 1 aliphatic carbocycles. The number of hydrogen-bond acceptors (Lipinski definition) is 7. The van der Waals surface area contributed by atoms with E-state index in [0.717, 1.165) is 6.20 Å². The van der Waals surface area contributed by atoms with Gasteiger partial charge in [-0.05, 0) is 33.6 Å². The van der Waals surface area contributed by atoms with E-state index in [1.54, 1.807) is 0 Å². The van der Waals surface area contributed by atoms with Gasteiger partial charge in [0.15, 0.2) is 11.6 Å². The lowest BCUT2D eigenvalue weighted by Gasteiger charge is -2.25. The molecular formula is C23H29F2N5O4. The number of carboxylic acids is 1. The highest BCUT2D eigenvalue weighted by Crippen LogP contribution is 2.43. The van der Waals surface area contributed by atoms with Crippen LogP contribution in [0.3, 0.4) is 0 Å². The molecular weight excluding hydrogens is 448 g/mol. The number of carbonyl (C=O) groups is 1. The number of oxime groups is 1. The van der Waals surface area contributed by atoms with Gasteiger partial charge in [-0.2, -0.15) is 0 Å². The highest BCUT2D eigenvalue weighted by molar-refractivity contribution is 6.02. The monoisotopic (exact) mass is 477 g/mol. The second kappa shape index (κ2) is 7.93. The number of carboxylic acid groups (broad SMARTS) is 1. The number of nitrogen functional groups attached to an aromatic ring is 1. The molecule has 1 atom stereocenters. The van der Waals surface area contributed by atoms with Gasteiger partial charge in [0.05, 0.1) is 28.8 Å². The molecule has 4 rings (SSSR count). The number of benzene rings is 1. The van der Waals surface area contributed by atoms with Crippen molar-refractivity contribution in [2.75, 3.05) is 30.3 Å². The molecule has 184 valence electrons. The van der Waals surface area contributed by atoms with Gasteiger partial charge in [0, 0.05) is 30.7 Å². The van der Waals surface area contributed by atoms with E-state index in [0.29, 0.717) is 18.6 Å². The summed E-state index contributed by atoms with van der Waals surface area (Å²) in [6, 6.07) is -0.196. The summed E-state index contributed by atoms with van der Waals surface area (Å²) in [5.74, 6) is -3.58. The topological polar surface area (TPSA) is 136 Å². The van der Waals surface area contributed by atoms with Gasteiger partial charge in [0.2, 0.25) is 5.43 Å². The van der Waals surface area contributed by atoms with Crippen molar-refractivity contribution in [1.29, 1.82) is 0 Å². The Morgan fingerprint density at radius 2 is 1.97 bits per heavy atom. The summed E-state index contributed by atoms with van der Waals surface area (Å²) in [5.41, 5.74) is 8.48. The molecule has 0 spiro atoms. The van der Waals surface area contributed by atoms with Crippen LogP contribution in [-0.2, 0) is 4.84 Å². The highest BCUT2D eigenvalue weighted by Gasteiger charge is 2.43. The van der Waals surface area contributed by atoms with E-state index in [2.05, 4.69) is 5.16 Å². The van der Waals surface area contributed by atoms with Crippen LogP contribution in [0.4, 0.5) is 20.2 Å². The second-order valence-corrected chi connectivity index (χ2v) is 10.3. The molecule has 1 aromatic heterocycles. The average molecular weight is 478 g/mol. The summed E-state index contributed by atoms with van der Waals surface area (Å²) < 4.78 is 33.0. The van der Waals surface area contributed by atoms with Gasteiger partial charge in [-0.25, -0.2) is 13.6 Å². The molecule has 0 bridgehead atoms. The molecule has 34 heavy (non-hydrogen) atoms. The molecule has 1 aliphatic heterocycles. The Bertz CT molecular complexity index is 1280. The quantitative estimate of drug-likeness (QED) is 0.445. The molecule has 1 unspecified atom stereocenters. The van der Waals surface area contributed by atoms with E-state index in [1.807, 2.05) is 27.7 Å². The number of nitrogens with zero attached hydrogens (tertiary/aromatic N) is 3. The molecule has 1 aromatic carbocycles. The zero-order valence-electron chi connectivity index (χ0n) is 19.6. The van der Waals surface area contributed by atoms with E-state index >= 15 is 8.78 Å². The molecule has 2 fully saturated rings. The van der Waals surface area contributed by atoms with Gasteiger partial charge in [-0.3, -0.25) is 4.79 Å². The standard InChI is InChI=1S/C23H29F2N5O4/c1-22(2,3)34-28-13-8-29(10-23(13,4)9-26)19-15(24)17(27)14-18(16(19)25)30(11-5-6-11)7-12(20(14)31)21(32)33/h7,11H,5-6,8-10,26-27H2,1-4H3,(H,32,33)/b28-13-. The summed E-state index contributed by atoms with van der Waals surface area (Å²) in [7, 11) is 0. The summed E-state index contributed by atoms with van der Waals surface area (Å²) in [6.45, 7) is 7.67. The molecule has 2 heterocycles. The van der Waals surface area contributed by atoms with E-state index < -0.39 is 56.4 Å². The third-order valence-corrected chi connectivity index (χ3v) is 6.31. The molecule has 1 saturated carbocycles. The molecule has 2 aromatic rings. The maximum Gasteiger partial charge on any atom is 0.341 e. The molecule has 2 aliphatic rings. The molecule has 11 heteroatoms. The van der Waals surface area contributed by atoms with Crippen LogP contribution in [0.15, 0.2) is 16.1 Å². The maximum atomic E-state index is 16.0. The van der Waals surface area contributed by atoms with E-state index in [1.165, 1.54) is 9.47 Å². The predicted octanol–water partition coefficient (Wildman–Crippen LogP) is 2.85. The van der Waals surface area contributed by atoms with E-state index in [-0.39, 0.29) is 31.2 Å². The first-order valence-electron chi connectivity index (χ1n) is 11.1. The number of halogens is 2.